The van der Waals surface area contributed by atoms with Crippen molar-refractivity contribution in [3.05, 3.63) is 5.01 Å². The van der Waals surface area contributed by atoms with Gasteiger partial charge in [0.2, 0.25) is 5.13 Å². The lowest BCUT2D eigenvalue weighted by molar-refractivity contribution is 0.191. The smallest absolute Gasteiger partial charge is 0.205 e. The minimum Gasteiger partial charge on any atom is -0.360 e. The molecule has 0 aliphatic rings. The maximum absolute atomic E-state index is 4.26. The van der Waals surface area contributed by atoms with Crippen LogP contribution in [0.4, 0.5) is 5.13 Å². The van der Waals surface area contributed by atoms with Gasteiger partial charge in [-0.25, -0.2) is 0 Å². The minimum atomic E-state index is 0.614. The average Bonchev–Trinajstić information content (AvgIpc) is 2.81. The molecule has 1 N–H and O–H groups in total. The lowest BCUT2D eigenvalue weighted by Crippen LogP contribution is -2.33. The van der Waals surface area contributed by atoms with Crippen LogP contribution in [0.3, 0.4) is 0 Å². The molecule has 1 atom stereocenters. The van der Waals surface area contributed by atoms with Crippen molar-refractivity contribution in [1.82, 2.24) is 15.1 Å². The SMILES string of the molecule is CCCCN(Cc1nnc(NCC)s1)C(C)CC. The van der Waals surface area contributed by atoms with Gasteiger partial charge in [0.25, 0.3) is 0 Å². The second-order valence-electron chi connectivity index (χ2n) is 4.61. The fraction of sp³-hybridized carbons (Fsp3) is 0.846. The maximum Gasteiger partial charge on any atom is 0.205 e. The summed E-state index contributed by atoms with van der Waals surface area (Å²) < 4.78 is 0. The standard InChI is InChI=1S/C13H26N4S/c1-5-8-9-17(11(4)6-2)10-12-15-16-13(18-12)14-7-3/h11H,5-10H2,1-4H3,(H,14,16). The van der Waals surface area contributed by atoms with Crippen molar-refractivity contribution in [2.24, 2.45) is 0 Å². The van der Waals surface area contributed by atoms with Gasteiger partial charge in [-0.15, -0.1) is 10.2 Å². The summed E-state index contributed by atoms with van der Waals surface area (Å²) in [4.78, 5) is 2.51. The first-order chi connectivity index (χ1) is 8.71. The second-order valence-corrected chi connectivity index (χ2v) is 5.67. The largest absolute Gasteiger partial charge is 0.360 e. The number of nitrogens with zero attached hydrogens (tertiary/aromatic N) is 3. The highest BCUT2D eigenvalue weighted by Crippen LogP contribution is 2.18. The molecular formula is C13H26N4S. The summed E-state index contributed by atoms with van der Waals surface area (Å²) in [6, 6.07) is 0.614. The molecule has 104 valence electrons. The van der Waals surface area contributed by atoms with E-state index in [-0.39, 0.29) is 0 Å². The number of nitrogens with one attached hydrogen (secondary N) is 1. The van der Waals surface area contributed by atoms with E-state index >= 15 is 0 Å². The van der Waals surface area contributed by atoms with Crippen LogP contribution in [0, 0.1) is 0 Å². The second kappa shape index (κ2) is 8.43. The Bertz CT molecular complexity index is 327. The van der Waals surface area contributed by atoms with E-state index in [1.807, 2.05) is 0 Å². The topological polar surface area (TPSA) is 41.1 Å². The Morgan fingerprint density at radius 2 is 2.06 bits per heavy atom. The van der Waals surface area contributed by atoms with E-state index in [1.165, 1.54) is 19.3 Å². The first-order valence-electron chi connectivity index (χ1n) is 7.01. The molecule has 0 aliphatic heterocycles. The van der Waals surface area contributed by atoms with E-state index in [1.54, 1.807) is 11.3 Å². The average molecular weight is 270 g/mol. The van der Waals surface area contributed by atoms with E-state index in [0.29, 0.717) is 6.04 Å². The molecule has 1 rings (SSSR count). The molecular weight excluding hydrogens is 244 g/mol. The normalized spacial score (nSPS) is 12.9. The molecule has 0 bridgehead atoms. The molecule has 1 unspecified atom stereocenters. The van der Waals surface area contributed by atoms with E-state index in [2.05, 4.69) is 48.1 Å². The van der Waals surface area contributed by atoms with Crippen molar-refractivity contribution < 1.29 is 0 Å². The van der Waals surface area contributed by atoms with Crippen LogP contribution in [0.25, 0.3) is 0 Å². The van der Waals surface area contributed by atoms with Gasteiger partial charge in [0.15, 0.2) is 0 Å². The summed E-state index contributed by atoms with van der Waals surface area (Å²) in [7, 11) is 0. The first-order valence-corrected chi connectivity index (χ1v) is 7.83. The molecule has 0 saturated carbocycles. The summed E-state index contributed by atoms with van der Waals surface area (Å²) in [5, 5.41) is 13.7. The molecule has 4 nitrogen and oxygen atoms in total. The maximum atomic E-state index is 4.26. The van der Waals surface area contributed by atoms with E-state index in [0.717, 1.165) is 29.8 Å². The molecule has 1 aromatic rings. The molecule has 0 fully saturated rings. The van der Waals surface area contributed by atoms with E-state index in [9.17, 15) is 0 Å². The highest BCUT2D eigenvalue weighted by Gasteiger charge is 2.14. The monoisotopic (exact) mass is 270 g/mol. The number of anilines is 1. The van der Waals surface area contributed by atoms with Crippen molar-refractivity contribution in [1.29, 1.82) is 0 Å². The third-order valence-electron chi connectivity index (χ3n) is 3.15. The van der Waals surface area contributed by atoms with Gasteiger partial charge < -0.3 is 5.32 Å². The summed E-state index contributed by atoms with van der Waals surface area (Å²) in [5.41, 5.74) is 0. The van der Waals surface area contributed by atoms with Gasteiger partial charge in [-0.1, -0.05) is 31.6 Å². The predicted molar refractivity (Wildman–Crippen MR) is 79.1 cm³/mol. The number of hydrogen-bond acceptors (Lipinski definition) is 5. The zero-order valence-corrected chi connectivity index (χ0v) is 12.9. The van der Waals surface area contributed by atoms with Crippen LogP contribution in [0.2, 0.25) is 0 Å². The zero-order valence-electron chi connectivity index (χ0n) is 12.1. The highest BCUT2D eigenvalue weighted by atomic mass is 32.1. The Kier molecular flexibility index (Phi) is 7.20. The number of aromatic nitrogens is 2. The molecule has 0 aromatic carbocycles. The molecule has 1 aromatic heterocycles. The lowest BCUT2D eigenvalue weighted by Gasteiger charge is -2.27. The van der Waals surface area contributed by atoms with Gasteiger partial charge in [0, 0.05) is 12.6 Å². The third kappa shape index (κ3) is 4.90. The van der Waals surface area contributed by atoms with Gasteiger partial charge in [0.05, 0.1) is 6.54 Å². The predicted octanol–water partition coefficient (Wildman–Crippen LogP) is 3.37. The summed E-state index contributed by atoms with van der Waals surface area (Å²) in [6.07, 6.45) is 3.68. The van der Waals surface area contributed by atoms with Crippen molar-refractivity contribution in [2.45, 2.75) is 59.5 Å². The van der Waals surface area contributed by atoms with Crippen LogP contribution < -0.4 is 5.32 Å². The Labute approximate surface area is 115 Å². The van der Waals surface area contributed by atoms with Gasteiger partial charge in [-0.3, -0.25) is 4.90 Å². The van der Waals surface area contributed by atoms with Crippen LogP contribution in [0.5, 0.6) is 0 Å². The Balaban J connectivity index is 2.57. The van der Waals surface area contributed by atoms with Crippen molar-refractivity contribution in [2.75, 3.05) is 18.4 Å². The van der Waals surface area contributed by atoms with Crippen LogP contribution in [0.15, 0.2) is 0 Å². The molecule has 0 aliphatic carbocycles. The highest BCUT2D eigenvalue weighted by molar-refractivity contribution is 7.15. The molecule has 5 heteroatoms. The van der Waals surface area contributed by atoms with E-state index < -0.39 is 0 Å². The number of unbranched alkanes of at least 4 members (excludes halogenated alkanes) is 1. The molecule has 1 heterocycles. The molecule has 0 saturated heterocycles. The summed E-state index contributed by atoms with van der Waals surface area (Å²) in [6.45, 7) is 11.8. The van der Waals surface area contributed by atoms with Crippen LogP contribution in [-0.2, 0) is 6.54 Å². The number of rotatable bonds is 9. The Hall–Kier alpha value is -0.680. The summed E-state index contributed by atoms with van der Waals surface area (Å²) >= 11 is 1.67. The minimum absolute atomic E-state index is 0.614. The molecule has 18 heavy (non-hydrogen) atoms. The summed E-state index contributed by atoms with van der Waals surface area (Å²) in [5.74, 6) is 0. The molecule has 0 spiro atoms. The fourth-order valence-corrected chi connectivity index (χ4v) is 2.62. The van der Waals surface area contributed by atoms with Crippen LogP contribution in [-0.4, -0.2) is 34.2 Å². The fourth-order valence-electron chi connectivity index (χ4n) is 1.79. The first kappa shape index (κ1) is 15.4. The van der Waals surface area contributed by atoms with Gasteiger partial charge in [-0.05, 0) is 33.2 Å². The quantitative estimate of drug-likeness (QED) is 0.747. The molecule has 0 radical (unpaired) electrons. The lowest BCUT2D eigenvalue weighted by atomic mass is 10.2. The van der Waals surface area contributed by atoms with Crippen LogP contribution in [0.1, 0.15) is 52.0 Å². The Morgan fingerprint density at radius 1 is 1.28 bits per heavy atom. The number of hydrogen-bond donors (Lipinski definition) is 1. The van der Waals surface area contributed by atoms with E-state index in [4.69, 9.17) is 0 Å². The van der Waals surface area contributed by atoms with Crippen molar-refractivity contribution >= 4 is 16.5 Å². The zero-order chi connectivity index (χ0) is 13.4. The Morgan fingerprint density at radius 3 is 2.67 bits per heavy atom. The molecule has 0 amide bonds. The van der Waals surface area contributed by atoms with Crippen LogP contribution >= 0.6 is 11.3 Å². The van der Waals surface area contributed by atoms with Crippen molar-refractivity contribution in [3.63, 3.8) is 0 Å². The third-order valence-corrected chi connectivity index (χ3v) is 4.01. The van der Waals surface area contributed by atoms with Gasteiger partial charge in [0.1, 0.15) is 5.01 Å². The van der Waals surface area contributed by atoms with Gasteiger partial charge >= 0.3 is 0 Å². The van der Waals surface area contributed by atoms with Crippen molar-refractivity contribution in [3.8, 4) is 0 Å². The van der Waals surface area contributed by atoms with Gasteiger partial charge in [-0.2, -0.15) is 0 Å².